The van der Waals surface area contributed by atoms with E-state index in [1.54, 1.807) is 31.5 Å². The van der Waals surface area contributed by atoms with E-state index in [2.05, 4.69) is 5.10 Å². The molecule has 1 atom stereocenters. The van der Waals surface area contributed by atoms with Crippen LogP contribution in [-0.2, 0) is 23.1 Å². The molecule has 2 aromatic rings. The second kappa shape index (κ2) is 5.88. The lowest BCUT2D eigenvalue weighted by atomic mass is 10.3. The first-order chi connectivity index (χ1) is 9.13. The molecule has 0 fully saturated rings. The molecule has 1 unspecified atom stereocenters. The lowest BCUT2D eigenvalue weighted by Gasteiger charge is -2.08. The highest BCUT2D eigenvalue weighted by Gasteiger charge is 2.12. The Balaban J connectivity index is 2.20. The van der Waals surface area contributed by atoms with E-state index in [1.807, 2.05) is 17.8 Å². The number of aryl methyl sites for hydroxylation is 1. The summed E-state index contributed by atoms with van der Waals surface area (Å²) in [6.45, 7) is 2.81. The second-order valence-electron chi connectivity index (χ2n) is 4.10. The van der Waals surface area contributed by atoms with Crippen molar-refractivity contribution in [3.63, 3.8) is 0 Å². The van der Waals surface area contributed by atoms with Crippen molar-refractivity contribution in [1.82, 2.24) is 9.78 Å². The second-order valence-corrected chi connectivity index (χ2v) is 5.52. The Morgan fingerprint density at radius 1 is 1.47 bits per heavy atom. The van der Waals surface area contributed by atoms with Gasteiger partial charge in [0.15, 0.2) is 0 Å². The van der Waals surface area contributed by atoms with Crippen LogP contribution in [0.3, 0.4) is 0 Å². The van der Waals surface area contributed by atoms with Crippen molar-refractivity contribution in [2.75, 3.05) is 12.8 Å². The van der Waals surface area contributed by atoms with Crippen LogP contribution >= 0.6 is 0 Å². The van der Waals surface area contributed by atoms with E-state index >= 15 is 0 Å². The zero-order valence-electron chi connectivity index (χ0n) is 11.0. The molecule has 5 nitrogen and oxygen atoms in total. The molecular weight excluding hydrogens is 262 g/mol. The van der Waals surface area contributed by atoms with Crippen molar-refractivity contribution in [2.24, 2.45) is 0 Å². The Morgan fingerprint density at radius 3 is 2.89 bits per heavy atom. The molecule has 6 heteroatoms. The van der Waals surface area contributed by atoms with Crippen LogP contribution in [0.2, 0.25) is 0 Å². The van der Waals surface area contributed by atoms with Crippen molar-refractivity contribution in [1.29, 1.82) is 0 Å². The number of rotatable bonds is 5. The fraction of sp³-hybridized carbons (Fsp3) is 0.308. The van der Waals surface area contributed by atoms with Gasteiger partial charge in [-0.25, -0.2) is 0 Å². The van der Waals surface area contributed by atoms with Gasteiger partial charge in [0.1, 0.15) is 5.75 Å². The van der Waals surface area contributed by atoms with E-state index in [-0.39, 0.29) is 0 Å². The van der Waals surface area contributed by atoms with Gasteiger partial charge in [-0.15, -0.1) is 0 Å². The Kier molecular flexibility index (Phi) is 4.21. The van der Waals surface area contributed by atoms with Crippen LogP contribution in [0.1, 0.15) is 12.5 Å². The van der Waals surface area contributed by atoms with E-state index in [1.165, 1.54) is 0 Å². The van der Waals surface area contributed by atoms with Gasteiger partial charge < -0.3 is 10.5 Å². The molecule has 0 spiro atoms. The average molecular weight is 279 g/mol. The molecule has 0 aliphatic heterocycles. The zero-order chi connectivity index (χ0) is 13.8. The maximum atomic E-state index is 12.4. The van der Waals surface area contributed by atoms with Crippen molar-refractivity contribution in [3.05, 3.63) is 36.2 Å². The Labute approximate surface area is 114 Å². The van der Waals surface area contributed by atoms with Crippen LogP contribution in [0.5, 0.6) is 5.75 Å². The molecule has 0 aliphatic carbocycles. The zero-order valence-corrected chi connectivity index (χ0v) is 11.8. The highest BCUT2D eigenvalue weighted by atomic mass is 32.2. The van der Waals surface area contributed by atoms with Crippen molar-refractivity contribution >= 4 is 16.5 Å². The molecule has 2 N–H and O–H groups in total. The molecule has 2 rings (SSSR count). The van der Waals surface area contributed by atoms with Crippen LogP contribution in [0.15, 0.2) is 35.5 Å². The van der Waals surface area contributed by atoms with Gasteiger partial charge in [0, 0.05) is 30.1 Å². The number of nitrogens with two attached hydrogens (primary N) is 1. The monoisotopic (exact) mass is 279 g/mol. The Hall–Kier alpha value is -1.82. The van der Waals surface area contributed by atoms with Gasteiger partial charge in [-0.1, -0.05) is 0 Å². The SMILES string of the molecule is CCn1cc(CS(=O)c2ccc(N)cc2OC)cn1. The van der Waals surface area contributed by atoms with E-state index in [0.717, 1.165) is 12.1 Å². The van der Waals surface area contributed by atoms with Crippen molar-refractivity contribution in [2.45, 2.75) is 24.1 Å². The molecule has 1 aromatic heterocycles. The highest BCUT2D eigenvalue weighted by Crippen LogP contribution is 2.26. The molecule has 0 saturated heterocycles. The first kappa shape index (κ1) is 13.6. The number of nitrogen functional groups attached to an aromatic ring is 1. The largest absolute Gasteiger partial charge is 0.495 e. The summed E-state index contributed by atoms with van der Waals surface area (Å²) in [5.41, 5.74) is 7.22. The number of hydrogen-bond donors (Lipinski definition) is 1. The number of benzene rings is 1. The van der Waals surface area contributed by atoms with Crippen LogP contribution in [0, 0.1) is 0 Å². The molecule has 0 bridgehead atoms. The molecule has 0 aliphatic rings. The maximum absolute atomic E-state index is 12.4. The van der Waals surface area contributed by atoms with Crippen LogP contribution in [-0.4, -0.2) is 21.1 Å². The van der Waals surface area contributed by atoms with E-state index < -0.39 is 10.8 Å². The van der Waals surface area contributed by atoms with Crippen molar-refractivity contribution < 1.29 is 8.95 Å². The maximum Gasteiger partial charge on any atom is 0.137 e. The molecule has 102 valence electrons. The van der Waals surface area contributed by atoms with Gasteiger partial charge in [0.05, 0.1) is 34.8 Å². The summed E-state index contributed by atoms with van der Waals surface area (Å²) in [5, 5.41) is 4.17. The summed E-state index contributed by atoms with van der Waals surface area (Å²) in [5.74, 6) is 0.974. The molecule has 1 heterocycles. The molecular formula is C13H17N3O2S. The van der Waals surface area contributed by atoms with Gasteiger partial charge >= 0.3 is 0 Å². The number of methoxy groups -OCH3 is 1. The van der Waals surface area contributed by atoms with E-state index in [9.17, 15) is 4.21 Å². The lowest BCUT2D eigenvalue weighted by Crippen LogP contribution is -2.00. The Morgan fingerprint density at radius 2 is 2.26 bits per heavy atom. The number of hydrogen-bond acceptors (Lipinski definition) is 4. The summed E-state index contributed by atoms with van der Waals surface area (Å²) in [6, 6.07) is 5.16. The third-order valence-electron chi connectivity index (χ3n) is 2.74. The van der Waals surface area contributed by atoms with Crippen LogP contribution in [0.25, 0.3) is 0 Å². The third kappa shape index (κ3) is 3.14. The normalized spacial score (nSPS) is 12.3. The predicted molar refractivity (Wildman–Crippen MR) is 75.4 cm³/mol. The summed E-state index contributed by atoms with van der Waals surface area (Å²) in [4.78, 5) is 0.654. The van der Waals surface area contributed by atoms with Gasteiger partial charge in [0.25, 0.3) is 0 Å². The third-order valence-corrected chi connectivity index (χ3v) is 4.16. The Bertz CT molecular complexity index is 595. The summed E-state index contributed by atoms with van der Waals surface area (Å²) in [6.07, 6.45) is 3.65. The van der Waals surface area contributed by atoms with Crippen LogP contribution in [0.4, 0.5) is 5.69 Å². The van der Waals surface area contributed by atoms with E-state index in [4.69, 9.17) is 10.5 Å². The summed E-state index contributed by atoms with van der Waals surface area (Å²) in [7, 11) is 0.370. The number of aromatic nitrogens is 2. The fourth-order valence-electron chi connectivity index (χ4n) is 1.76. The van der Waals surface area contributed by atoms with Gasteiger partial charge in [-0.3, -0.25) is 8.89 Å². The van der Waals surface area contributed by atoms with Crippen LogP contribution < -0.4 is 10.5 Å². The molecule has 0 radical (unpaired) electrons. The summed E-state index contributed by atoms with van der Waals surface area (Å²) < 4.78 is 19.4. The molecule has 19 heavy (non-hydrogen) atoms. The number of nitrogens with zero attached hydrogens (tertiary/aromatic N) is 2. The quantitative estimate of drug-likeness (QED) is 0.847. The summed E-state index contributed by atoms with van der Waals surface area (Å²) >= 11 is 0. The first-order valence-corrected chi connectivity index (χ1v) is 7.29. The molecule has 1 aromatic carbocycles. The first-order valence-electron chi connectivity index (χ1n) is 5.97. The number of ether oxygens (including phenoxy) is 1. The lowest BCUT2D eigenvalue weighted by molar-refractivity contribution is 0.404. The topological polar surface area (TPSA) is 70.1 Å². The predicted octanol–water partition coefficient (Wildman–Crippen LogP) is 1.80. The van der Waals surface area contributed by atoms with Gasteiger partial charge in [-0.2, -0.15) is 5.10 Å². The molecule has 0 amide bonds. The fourth-order valence-corrected chi connectivity index (χ4v) is 2.95. The van der Waals surface area contributed by atoms with Gasteiger partial charge in [0.2, 0.25) is 0 Å². The average Bonchev–Trinajstić information content (AvgIpc) is 2.86. The minimum absolute atomic E-state index is 0.417. The molecule has 0 saturated carbocycles. The number of anilines is 1. The van der Waals surface area contributed by atoms with E-state index in [0.29, 0.717) is 22.1 Å². The van der Waals surface area contributed by atoms with Crippen molar-refractivity contribution in [3.8, 4) is 5.75 Å². The smallest absolute Gasteiger partial charge is 0.137 e. The highest BCUT2D eigenvalue weighted by molar-refractivity contribution is 7.84. The minimum Gasteiger partial charge on any atom is -0.495 e. The minimum atomic E-state index is -1.18. The van der Waals surface area contributed by atoms with Gasteiger partial charge in [-0.05, 0) is 19.1 Å². The standard InChI is InChI=1S/C13H17N3O2S/c1-3-16-8-10(7-15-16)9-19(17)13-5-4-11(14)6-12(13)18-2/h4-8H,3,9,14H2,1-2H3.